The third-order valence-electron chi connectivity index (χ3n) is 16.9. The SMILES string of the molecule is OC[C@H]1O[C@@H]2O[C@H]3[C@H](O)[C@@H](O)[C@@H](O[C@H]4[C@H](O)[C@@H](O)[C@@H](O[C@H]5[C@H](O)[C@@H](O)[C@@H](O[C@H]6[C@H](O)[C@@H](O)[C@@H](O[C@H]7[C@H](O)[C@@H](O)[C@@H](O[C@H]8[C@H](O)[C@@H](O)[C@@H](O[C@H]9[C@H](O)[C@@H](O)[C@@H](O[C@H]1[C@H](O)[C@H]2O)O[C@@H]9CO)O[C@@H]8CO)O[C@@H]7CO)O[C@@H]6CO)O[C@@H]5CO)O[C@@H]4CO)O[C@@H]3CO.[Mn]. The van der Waals surface area contributed by atoms with Crippen molar-refractivity contribution < 1.29 is 215 Å². The summed E-state index contributed by atoms with van der Waals surface area (Å²) in [5.74, 6) is 0. The molecule has 30 saturated heterocycles. The number of aliphatic hydroxyl groups excluding tert-OH is 24. The number of hydrogen-bond acceptors (Lipinski definition) is 40. The number of aliphatic hydroxyl groups is 24. The predicted molar refractivity (Wildman–Crippen MR) is 261 cm³/mol. The first-order valence-electron chi connectivity index (χ1n) is 28.1. The molecule has 30 heterocycles. The molecule has 0 aromatic carbocycles. The Morgan fingerprint density at radius 2 is 0.236 bits per heavy atom. The van der Waals surface area contributed by atoms with Crippen molar-refractivity contribution in [3.8, 4) is 0 Å². The van der Waals surface area contributed by atoms with Crippen molar-refractivity contribution in [3.05, 3.63) is 0 Å². The van der Waals surface area contributed by atoms with E-state index in [9.17, 15) is 123 Å². The van der Waals surface area contributed by atoms with E-state index in [0.29, 0.717) is 0 Å². The van der Waals surface area contributed by atoms with Crippen LogP contribution in [-0.4, -0.2) is 421 Å². The van der Waals surface area contributed by atoms with Crippen LogP contribution >= 0.6 is 0 Å². The van der Waals surface area contributed by atoms with Crippen LogP contribution in [0.4, 0.5) is 0 Å². The van der Waals surface area contributed by atoms with E-state index in [1.165, 1.54) is 0 Å². The van der Waals surface area contributed by atoms with Crippen LogP contribution in [-0.2, 0) is 92.9 Å². The maximum atomic E-state index is 11.4. The molecule has 0 spiro atoms. The third-order valence-corrected chi connectivity index (χ3v) is 16.9. The van der Waals surface area contributed by atoms with Crippen LogP contribution in [0.3, 0.4) is 0 Å². The second-order valence-electron chi connectivity index (χ2n) is 22.5. The molecule has 519 valence electrons. The molecule has 40 atom stereocenters. The minimum atomic E-state index is -2.25. The maximum Gasteiger partial charge on any atom is 0.187 e. The summed E-state index contributed by atoms with van der Waals surface area (Å²) in [4.78, 5) is 0. The zero-order valence-corrected chi connectivity index (χ0v) is 47.6. The normalized spacial score (nSPS) is 54.7. The molecule has 30 aliphatic rings. The van der Waals surface area contributed by atoms with Gasteiger partial charge in [0.05, 0.1) is 52.9 Å². The monoisotopic (exact) mass is 1350 g/mol. The summed E-state index contributed by atoms with van der Waals surface area (Å²) in [5, 5.41) is 265. The van der Waals surface area contributed by atoms with Gasteiger partial charge in [0.25, 0.3) is 0 Å². The molecule has 0 aromatic rings. The second-order valence-corrected chi connectivity index (χ2v) is 22.5. The molecule has 30 rings (SSSR count). The summed E-state index contributed by atoms with van der Waals surface area (Å²) in [6, 6.07) is 0. The molecule has 0 aliphatic carbocycles. The minimum Gasteiger partial charge on any atom is -0.394 e. The Bertz CT molecular complexity index is 1710. The van der Waals surface area contributed by atoms with Crippen LogP contribution < -0.4 is 0 Å². The van der Waals surface area contributed by atoms with Crippen LogP contribution in [0.25, 0.3) is 0 Å². The van der Waals surface area contributed by atoms with Gasteiger partial charge >= 0.3 is 0 Å². The van der Waals surface area contributed by atoms with Gasteiger partial charge in [-0.2, -0.15) is 0 Å². The molecule has 24 N–H and O–H groups in total. The Morgan fingerprint density at radius 1 is 0.146 bits per heavy atom. The molecular formula is C48H80MnO40. The first-order chi connectivity index (χ1) is 41.9. The van der Waals surface area contributed by atoms with Gasteiger partial charge in [-0.05, 0) is 0 Å². The number of rotatable bonds is 8. The van der Waals surface area contributed by atoms with E-state index in [-0.39, 0.29) is 17.1 Å². The molecule has 0 amide bonds. The van der Waals surface area contributed by atoms with E-state index < -0.39 is 299 Å². The standard InChI is InChI=1S/C48H80O40.Mn/c49-1-9-33-17(57)25(65)41(73-9)82-34-10(2-50)75-43(27(67)19(34)59)84-36-12(4-52)77-45(29(69)21(36)61)86-38-14(6-54)79-47(31(71)23(38)63)88-40-16(8-56)80-48(32(72)24(40)64)87-39-15(7-55)78-46(30(70)22(39)62)85-37-13(5-53)76-44(28(68)20(37)60)83-35-11(3-51)74-42(81-33)26(66)18(35)58;/h9-72H,1-8H2;/t9-,10-,11-,12-,13-,14-,15-,16-,17-,18-,19-,20-,21-,22-,23-,24-,25-,26-,27-,28-,29-,30-,31-,32-,33-,34-,35-,36-,37-,38-,39-,40-,41-,42-,43-,44-,45-,46-,47-,48-;/m1./s1. The van der Waals surface area contributed by atoms with Gasteiger partial charge in [-0.1, -0.05) is 0 Å². The van der Waals surface area contributed by atoms with Gasteiger partial charge in [0.15, 0.2) is 50.3 Å². The maximum absolute atomic E-state index is 11.4. The molecule has 16 bridgehead atoms. The van der Waals surface area contributed by atoms with Crippen LogP contribution in [0, 0.1) is 0 Å². The molecule has 0 saturated carbocycles. The van der Waals surface area contributed by atoms with Crippen molar-refractivity contribution in [3.63, 3.8) is 0 Å². The van der Waals surface area contributed by atoms with Crippen LogP contribution in [0.15, 0.2) is 0 Å². The second kappa shape index (κ2) is 31.4. The van der Waals surface area contributed by atoms with Gasteiger partial charge in [-0.3, -0.25) is 0 Å². The van der Waals surface area contributed by atoms with Crippen LogP contribution in [0.1, 0.15) is 0 Å². The van der Waals surface area contributed by atoms with Crippen molar-refractivity contribution in [2.24, 2.45) is 0 Å². The van der Waals surface area contributed by atoms with Crippen molar-refractivity contribution in [1.82, 2.24) is 0 Å². The van der Waals surface area contributed by atoms with Crippen molar-refractivity contribution >= 4 is 0 Å². The number of hydrogen-bond donors (Lipinski definition) is 24. The van der Waals surface area contributed by atoms with Gasteiger partial charge < -0.3 is 198 Å². The Kier molecular flexibility index (Phi) is 26.0. The van der Waals surface area contributed by atoms with E-state index in [1.54, 1.807) is 0 Å². The molecular weight excluding hydrogens is 1270 g/mol. The van der Waals surface area contributed by atoms with Crippen molar-refractivity contribution in [1.29, 1.82) is 0 Å². The smallest absolute Gasteiger partial charge is 0.187 e. The van der Waals surface area contributed by atoms with Crippen LogP contribution in [0.5, 0.6) is 0 Å². The summed E-state index contributed by atoms with van der Waals surface area (Å²) < 4.78 is 91.1. The summed E-state index contributed by atoms with van der Waals surface area (Å²) in [7, 11) is 0. The van der Waals surface area contributed by atoms with E-state index >= 15 is 0 Å². The van der Waals surface area contributed by atoms with Crippen LogP contribution in [0.2, 0.25) is 0 Å². The van der Waals surface area contributed by atoms with Gasteiger partial charge in [-0.25, -0.2) is 0 Å². The largest absolute Gasteiger partial charge is 0.394 e. The van der Waals surface area contributed by atoms with Gasteiger partial charge in [-0.15, -0.1) is 0 Å². The molecule has 30 fully saturated rings. The van der Waals surface area contributed by atoms with E-state index in [4.69, 9.17) is 75.8 Å². The molecule has 89 heavy (non-hydrogen) atoms. The Labute approximate surface area is 512 Å². The average molecular weight is 1350 g/mol. The quantitative estimate of drug-likeness (QED) is 0.100. The fourth-order valence-corrected chi connectivity index (χ4v) is 11.9. The molecule has 30 aliphatic heterocycles. The fourth-order valence-electron chi connectivity index (χ4n) is 11.9. The molecule has 0 aromatic heterocycles. The predicted octanol–water partition coefficient (Wildman–Crippen LogP) is -17.4. The summed E-state index contributed by atoms with van der Waals surface area (Å²) in [6.45, 7) is -8.64. The van der Waals surface area contributed by atoms with Gasteiger partial charge in [0, 0.05) is 17.1 Å². The van der Waals surface area contributed by atoms with Crippen molar-refractivity contribution in [2.75, 3.05) is 52.9 Å². The fraction of sp³-hybridized carbons (Fsp3) is 1.00. The first-order valence-corrected chi connectivity index (χ1v) is 28.1. The number of ether oxygens (including phenoxy) is 16. The van der Waals surface area contributed by atoms with E-state index in [1.807, 2.05) is 0 Å². The molecule has 1 radical (unpaired) electrons. The first kappa shape index (κ1) is 73.7. The third kappa shape index (κ3) is 14.6. The zero-order valence-electron chi connectivity index (χ0n) is 46.4. The van der Waals surface area contributed by atoms with E-state index in [2.05, 4.69) is 0 Å². The Balaban J connectivity index is 0.0000102. The summed E-state index contributed by atoms with van der Waals surface area (Å²) in [6.07, 6.45) is -82.0. The summed E-state index contributed by atoms with van der Waals surface area (Å²) in [5.41, 5.74) is 0. The Morgan fingerprint density at radius 3 is 0.315 bits per heavy atom. The van der Waals surface area contributed by atoms with Gasteiger partial charge in [0.1, 0.15) is 195 Å². The zero-order chi connectivity index (χ0) is 64.1. The minimum absolute atomic E-state index is 0. The van der Waals surface area contributed by atoms with E-state index in [0.717, 1.165) is 0 Å². The van der Waals surface area contributed by atoms with Crippen molar-refractivity contribution in [2.45, 2.75) is 246 Å². The topological polar surface area (TPSA) is 633 Å². The van der Waals surface area contributed by atoms with Gasteiger partial charge in [0.2, 0.25) is 0 Å². The summed E-state index contributed by atoms with van der Waals surface area (Å²) >= 11 is 0. The Hall–Kier alpha value is -1.08. The molecule has 41 heteroatoms. The molecule has 0 unspecified atom stereocenters. The average Bonchev–Trinajstić information content (AvgIpc) is 1.09. The molecule has 40 nitrogen and oxygen atoms in total.